The Morgan fingerprint density at radius 3 is 2.21 bits per heavy atom. The van der Waals surface area contributed by atoms with Crippen molar-refractivity contribution in [3.05, 3.63) is 116 Å². The largest absolute Gasteiger partial charge is 0.459 e. The number of sulfonamides is 1. The van der Waals surface area contributed by atoms with Crippen LogP contribution < -0.4 is 10.7 Å². The van der Waals surface area contributed by atoms with Gasteiger partial charge in [-0.05, 0) is 91.2 Å². The lowest BCUT2D eigenvalue weighted by Crippen LogP contribution is -2.32. The SMILES string of the molecule is Cc1cc(C)cc(NC(=O)C(=O)N/N=C/c2ccc(CN(Cc3ccc(Cl)c(Cl)c3)S(=O)(=O)c3ccc(Cl)cc3)o2)c1. The van der Waals surface area contributed by atoms with Crippen LogP contribution in [0, 0.1) is 13.8 Å². The summed E-state index contributed by atoms with van der Waals surface area (Å²) in [6, 6.07) is 19.2. The van der Waals surface area contributed by atoms with Crippen molar-refractivity contribution >= 4 is 68.5 Å². The zero-order valence-electron chi connectivity index (χ0n) is 22.4. The normalized spacial score (nSPS) is 11.7. The molecule has 0 spiro atoms. The maximum absolute atomic E-state index is 13.6. The number of benzene rings is 3. The Hall–Kier alpha value is -3.67. The monoisotopic (exact) mass is 646 g/mol. The van der Waals surface area contributed by atoms with Gasteiger partial charge in [0.1, 0.15) is 11.5 Å². The van der Waals surface area contributed by atoms with E-state index in [1.807, 2.05) is 19.9 Å². The number of aryl methyl sites for hydroxylation is 2. The molecule has 3 aromatic carbocycles. The summed E-state index contributed by atoms with van der Waals surface area (Å²) in [7, 11) is -3.99. The Morgan fingerprint density at radius 1 is 0.857 bits per heavy atom. The van der Waals surface area contributed by atoms with Crippen molar-refractivity contribution in [2.24, 2.45) is 5.10 Å². The molecular formula is C29H25Cl3N4O5S. The Morgan fingerprint density at radius 2 is 1.55 bits per heavy atom. The first-order chi connectivity index (χ1) is 19.9. The van der Waals surface area contributed by atoms with Gasteiger partial charge in [-0.3, -0.25) is 9.59 Å². The number of carbonyl (C=O) groups excluding carboxylic acids is 2. The van der Waals surface area contributed by atoms with Gasteiger partial charge in [-0.2, -0.15) is 9.41 Å². The molecule has 0 saturated carbocycles. The molecule has 2 N–H and O–H groups in total. The van der Waals surface area contributed by atoms with E-state index in [0.717, 1.165) is 11.1 Å². The third-order valence-corrected chi connectivity index (χ3v) is 8.65. The Balaban J connectivity index is 1.46. The van der Waals surface area contributed by atoms with Crippen molar-refractivity contribution in [2.45, 2.75) is 31.8 Å². The van der Waals surface area contributed by atoms with E-state index >= 15 is 0 Å². The highest BCUT2D eigenvalue weighted by Gasteiger charge is 2.26. The number of furan rings is 1. The van der Waals surface area contributed by atoms with Crippen LogP contribution in [-0.4, -0.2) is 30.8 Å². The molecule has 0 aliphatic heterocycles. The lowest BCUT2D eigenvalue weighted by molar-refractivity contribution is -0.136. The molecule has 42 heavy (non-hydrogen) atoms. The van der Waals surface area contributed by atoms with Gasteiger partial charge in [-0.25, -0.2) is 13.8 Å². The number of nitrogens with zero attached hydrogens (tertiary/aromatic N) is 2. The molecule has 2 amide bonds. The van der Waals surface area contributed by atoms with E-state index in [9.17, 15) is 18.0 Å². The fourth-order valence-electron chi connectivity index (χ4n) is 3.99. The molecule has 4 aromatic rings. The summed E-state index contributed by atoms with van der Waals surface area (Å²) in [5.41, 5.74) is 5.12. The van der Waals surface area contributed by atoms with Gasteiger partial charge in [0.15, 0.2) is 0 Å². The zero-order chi connectivity index (χ0) is 30.4. The van der Waals surface area contributed by atoms with E-state index in [1.54, 1.807) is 42.5 Å². The van der Waals surface area contributed by atoms with Gasteiger partial charge in [0.25, 0.3) is 0 Å². The van der Waals surface area contributed by atoms with Crippen molar-refractivity contribution in [3.8, 4) is 0 Å². The third-order valence-electron chi connectivity index (χ3n) is 5.85. The maximum atomic E-state index is 13.6. The molecule has 1 aromatic heterocycles. The predicted molar refractivity (Wildman–Crippen MR) is 163 cm³/mol. The Kier molecular flexibility index (Phi) is 10.1. The zero-order valence-corrected chi connectivity index (χ0v) is 25.5. The van der Waals surface area contributed by atoms with E-state index in [1.165, 1.54) is 34.8 Å². The first-order valence-corrected chi connectivity index (χ1v) is 15.0. The molecule has 0 saturated heterocycles. The van der Waals surface area contributed by atoms with Gasteiger partial charge in [0, 0.05) is 17.3 Å². The van der Waals surface area contributed by atoms with Crippen LogP contribution in [0.3, 0.4) is 0 Å². The summed E-state index contributed by atoms with van der Waals surface area (Å²) in [4.78, 5) is 24.4. The van der Waals surface area contributed by atoms with Crippen LogP contribution in [0.2, 0.25) is 15.1 Å². The number of halogens is 3. The maximum Gasteiger partial charge on any atom is 0.329 e. The van der Waals surface area contributed by atoms with Crippen molar-refractivity contribution in [2.75, 3.05) is 5.32 Å². The van der Waals surface area contributed by atoms with Crippen molar-refractivity contribution in [1.82, 2.24) is 9.73 Å². The van der Waals surface area contributed by atoms with E-state index in [0.29, 0.717) is 32.1 Å². The van der Waals surface area contributed by atoms with E-state index in [-0.39, 0.29) is 23.7 Å². The fourth-order valence-corrected chi connectivity index (χ4v) is 5.83. The number of hydrogen-bond donors (Lipinski definition) is 2. The minimum atomic E-state index is -3.99. The quantitative estimate of drug-likeness (QED) is 0.125. The number of rotatable bonds is 9. The molecule has 0 radical (unpaired) electrons. The summed E-state index contributed by atoms with van der Waals surface area (Å²) in [6.45, 7) is 3.59. The molecule has 0 aliphatic rings. The highest BCUT2D eigenvalue weighted by atomic mass is 35.5. The van der Waals surface area contributed by atoms with Crippen LogP contribution in [0.25, 0.3) is 0 Å². The molecule has 9 nitrogen and oxygen atoms in total. The van der Waals surface area contributed by atoms with Crippen LogP contribution in [0.5, 0.6) is 0 Å². The molecule has 0 atom stereocenters. The number of hydrazone groups is 1. The molecular weight excluding hydrogens is 623 g/mol. The first kappa shape index (κ1) is 31.3. The second-order valence-electron chi connectivity index (χ2n) is 9.31. The lowest BCUT2D eigenvalue weighted by atomic mass is 10.1. The molecule has 0 aliphatic carbocycles. The van der Waals surface area contributed by atoms with Crippen LogP contribution in [0.15, 0.2) is 87.2 Å². The average molecular weight is 648 g/mol. The van der Waals surface area contributed by atoms with Gasteiger partial charge in [-0.15, -0.1) is 0 Å². The van der Waals surface area contributed by atoms with Gasteiger partial charge >= 0.3 is 11.8 Å². The lowest BCUT2D eigenvalue weighted by Gasteiger charge is -2.22. The fraction of sp³-hybridized carbons (Fsp3) is 0.138. The molecule has 0 fully saturated rings. The summed E-state index contributed by atoms with van der Waals surface area (Å²) in [5, 5.41) is 7.33. The second kappa shape index (κ2) is 13.5. The predicted octanol–water partition coefficient (Wildman–Crippen LogP) is 6.34. The van der Waals surface area contributed by atoms with Crippen molar-refractivity contribution in [1.29, 1.82) is 0 Å². The molecule has 13 heteroatoms. The van der Waals surface area contributed by atoms with Gasteiger partial charge in [0.05, 0.1) is 27.7 Å². The Labute approximate surface area is 258 Å². The van der Waals surface area contributed by atoms with Gasteiger partial charge < -0.3 is 9.73 Å². The molecule has 218 valence electrons. The summed E-state index contributed by atoms with van der Waals surface area (Å²) >= 11 is 18.1. The topological polar surface area (TPSA) is 121 Å². The number of hydrogen-bond acceptors (Lipinski definition) is 6. The van der Waals surface area contributed by atoms with E-state index < -0.39 is 21.8 Å². The minimum absolute atomic E-state index is 0.0302. The average Bonchev–Trinajstić information content (AvgIpc) is 3.37. The number of carbonyl (C=O) groups is 2. The van der Waals surface area contributed by atoms with Crippen molar-refractivity contribution in [3.63, 3.8) is 0 Å². The van der Waals surface area contributed by atoms with Crippen LogP contribution in [0.4, 0.5) is 5.69 Å². The molecule has 0 unspecified atom stereocenters. The number of amides is 2. The second-order valence-corrected chi connectivity index (χ2v) is 12.5. The highest BCUT2D eigenvalue weighted by molar-refractivity contribution is 7.89. The van der Waals surface area contributed by atoms with Gasteiger partial charge in [0.2, 0.25) is 10.0 Å². The standard InChI is InChI=1S/C29H25Cl3N4O5S/c1-18-11-19(2)13-22(12-18)34-28(37)29(38)35-33-15-23-6-7-24(41-23)17-36(16-20-3-10-26(31)27(32)14-20)42(39,40)25-8-4-21(30)5-9-25/h3-15H,16-17H2,1-2H3,(H,34,37)(H,35,38)/b33-15+. The number of anilines is 1. The highest BCUT2D eigenvalue weighted by Crippen LogP contribution is 2.27. The van der Waals surface area contributed by atoms with Crippen molar-refractivity contribution < 1.29 is 22.4 Å². The molecule has 4 rings (SSSR count). The van der Waals surface area contributed by atoms with Crippen LogP contribution in [-0.2, 0) is 32.7 Å². The van der Waals surface area contributed by atoms with E-state index in [4.69, 9.17) is 39.2 Å². The molecule has 0 bridgehead atoms. The van der Waals surface area contributed by atoms with Crippen LogP contribution >= 0.6 is 34.8 Å². The summed E-state index contributed by atoms with van der Waals surface area (Å²) < 4.78 is 34.1. The molecule has 1 heterocycles. The summed E-state index contributed by atoms with van der Waals surface area (Å²) in [6.07, 6.45) is 1.20. The minimum Gasteiger partial charge on any atom is -0.459 e. The van der Waals surface area contributed by atoms with Gasteiger partial charge in [-0.1, -0.05) is 46.9 Å². The Bertz CT molecular complexity index is 1740. The summed E-state index contributed by atoms with van der Waals surface area (Å²) in [5.74, 6) is -1.34. The first-order valence-electron chi connectivity index (χ1n) is 12.4. The van der Waals surface area contributed by atoms with Crippen LogP contribution in [0.1, 0.15) is 28.2 Å². The smallest absolute Gasteiger partial charge is 0.329 e. The third kappa shape index (κ3) is 8.21. The number of nitrogens with one attached hydrogen (secondary N) is 2. The van der Waals surface area contributed by atoms with E-state index in [2.05, 4.69) is 15.8 Å².